The number of aromatic nitrogens is 4. The summed E-state index contributed by atoms with van der Waals surface area (Å²) in [5.74, 6) is 0. The molecule has 5 nitrogen and oxygen atoms in total. The van der Waals surface area contributed by atoms with Crippen molar-refractivity contribution in [3.8, 4) is 0 Å². The highest BCUT2D eigenvalue weighted by atomic mass is 79.9. The van der Waals surface area contributed by atoms with Gasteiger partial charge in [-0.1, -0.05) is 11.6 Å². The van der Waals surface area contributed by atoms with Gasteiger partial charge in [0.1, 0.15) is 18.1 Å². The van der Waals surface area contributed by atoms with E-state index in [2.05, 4.69) is 30.9 Å². The maximum Gasteiger partial charge on any atom is 0.181 e. The van der Waals surface area contributed by atoms with E-state index in [4.69, 9.17) is 16.3 Å². The van der Waals surface area contributed by atoms with Gasteiger partial charge in [0.05, 0.1) is 0 Å². The first-order valence-corrected chi connectivity index (χ1v) is 6.60. The molecule has 0 radical (unpaired) electrons. The molecule has 0 saturated carbocycles. The second kappa shape index (κ2) is 4.51. The fourth-order valence-electron chi connectivity index (χ4n) is 2.04. The summed E-state index contributed by atoms with van der Waals surface area (Å²) in [4.78, 5) is 12.5. The Kier molecular flexibility index (Phi) is 3.02. The molecule has 0 aliphatic carbocycles. The van der Waals surface area contributed by atoms with Crippen molar-refractivity contribution in [1.82, 2.24) is 19.5 Å². The van der Waals surface area contributed by atoms with E-state index in [1.165, 1.54) is 6.33 Å². The van der Waals surface area contributed by atoms with E-state index in [0.29, 0.717) is 21.1 Å². The fourth-order valence-corrected chi connectivity index (χ4v) is 2.78. The zero-order chi connectivity index (χ0) is 11.8. The van der Waals surface area contributed by atoms with Gasteiger partial charge in [0, 0.05) is 6.61 Å². The Morgan fingerprint density at radius 2 is 2.29 bits per heavy atom. The van der Waals surface area contributed by atoms with Crippen molar-refractivity contribution in [3.63, 3.8) is 0 Å². The highest BCUT2D eigenvalue weighted by molar-refractivity contribution is 9.10. The van der Waals surface area contributed by atoms with E-state index >= 15 is 0 Å². The van der Waals surface area contributed by atoms with E-state index < -0.39 is 0 Å². The zero-order valence-electron chi connectivity index (χ0n) is 8.94. The fraction of sp³-hybridized carbons (Fsp3) is 0.500. The summed E-state index contributed by atoms with van der Waals surface area (Å²) >= 11 is 9.42. The molecule has 1 aliphatic rings. The first kappa shape index (κ1) is 11.4. The van der Waals surface area contributed by atoms with Gasteiger partial charge in [0.25, 0.3) is 0 Å². The molecular weight excluding hydrogens is 307 g/mol. The number of rotatable bonds is 1. The minimum absolute atomic E-state index is 0.0194. The average Bonchev–Trinajstić information content (AvgIpc) is 2.68. The van der Waals surface area contributed by atoms with Crippen LogP contribution in [0.25, 0.3) is 11.2 Å². The number of imidazole rings is 1. The van der Waals surface area contributed by atoms with Crippen LogP contribution < -0.4 is 0 Å². The first-order chi connectivity index (χ1) is 8.27. The molecule has 0 bridgehead atoms. The van der Waals surface area contributed by atoms with Gasteiger partial charge in [-0.2, -0.15) is 0 Å². The van der Waals surface area contributed by atoms with Crippen LogP contribution in [0.3, 0.4) is 0 Å². The average molecular weight is 318 g/mol. The van der Waals surface area contributed by atoms with Crippen LogP contribution in [0.5, 0.6) is 0 Å². The van der Waals surface area contributed by atoms with Gasteiger partial charge < -0.3 is 4.74 Å². The molecule has 0 N–H and O–H groups in total. The quantitative estimate of drug-likeness (QED) is 0.599. The van der Waals surface area contributed by atoms with Crippen LogP contribution in [0.4, 0.5) is 0 Å². The molecular formula is C10H10BrClN4O. The predicted octanol–water partition coefficient (Wildman–Crippen LogP) is 2.94. The third-order valence-corrected chi connectivity index (χ3v) is 3.67. The van der Waals surface area contributed by atoms with Gasteiger partial charge in [0.2, 0.25) is 0 Å². The molecule has 3 rings (SSSR count). The summed E-state index contributed by atoms with van der Waals surface area (Å²) in [5.41, 5.74) is 1.32. The number of fused-ring (bicyclic) bond motifs is 1. The smallest absolute Gasteiger partial charge is 0.181 e. The molecule has 2 aromatic heterocycles. The van der Waals surface area contributed by atoms with Crippen molar-refractivity contribution in [2.75, 3.05) is 6.61 Å². The third-order valence-electron chi connectivity index (χ3n) is 2.83. The third kappa shape index (κ3) is 1.94. The lowest BCUT2D eigenvalue weighted by Gasteiger charge is -2.24. The van der Waals surface area contributed by atoms with Crippen molar-refractivity contribution >= 4 is 38.7 Å². The van der Waals surface area contributed by atoms with Crippen LogP contribution in [0, 0.1) is 0 Å². The molecule has 0 amide bonds. The molecule has 1 fully saturated rings. The number of nitrogens with zero attached hydrogens (tertiary/aromatic N) is 4. The van der Waals surface area contributed by atoms with E-state index in [1.807, 2.05) is 4.57 Å². The molecule has 1 aliphatic heterocycles. The Labute approximate surface area is 111 Å². The summed E-state index contributed by atoms with van der Waals surface area (Å²) in [6.45, 7) is 0.773. The largest absolute Gasteiger partial charge is 0.358 e. The van der Waals surface area contributed by atoms with Gasteiger partial charge in [-0.25, -0.2) is 15.0 Å². The van der Waals surface area contributed by atoms with Crippen LogP contribution in [-0.4, -0.2) is 26.1 Å². The standard InChI is InChI=1S/C10H10BrClN4O/c11-10-15-7-8(12)13-5-14-9(7)16(10)6-3-1-2-4-17-6/h5-6H,1-4H2/t6-/m0/s1. The summed E-state index contributed by atoms with van der Waals surface area (Å²) in [6, 6.07) is 0. The zero-order valence-corrected chi connectivity index (χ0v) is 11.3. The van der Waals surface area contributed by atoms with E-state index in [0.717, 1.165) is 25.9 Å². The van der Waals surface area contributed by atoms with Gasteiger partial charge in [-0.15, -0.1) is 0 Å². The summed E-state index contributed by atoms with van der Waals surface area (Å²) in [6.07, 6.45) is 4.64. The van der Waals surface area contributed by atoms with Crippen LogP contribution >= 0.6 is 27.5 Å². The predicted molar refractivity (Wildman–Crippen MR) is 66.9 cm³/mol. The topological polar surface area (TPSA) is 52.8 Å². The van der Waals surface area contributed by atoms with Crippen LogP contribution in [0.2, 0.25) is 5.15 Å². The van der Waals surface area contributed by atoms with Gasteiger partial charge in [-0.05, 0) is 35.2 Å². The Balaban J connectivity index is 2.14. The number of halogens is 2. The van der Waals surface area contributed by atoms with Gasteiger partial charge in [0.15, 0.2) is 15.5 Å². The molecule has 17 heavy (non-hydrogen) atoms. The minimum Gasteiger partial charge on any atom is -0.358 e. The number of hydrogen-bond donors (Lipinski definition) is 0. The lowest BCUT2D eigenvalue weighted by atomic mass is 10.2. The van der Waals surface area contributed by atoms with Gasteiger partial charge in [-0.3, -0.25) is 4.57 Å². The monoisotopic (exact) mass is 316 g/mol. The molecule has 7 heteroatoms. The minimum atomic E-state index is -0.0194. The maximum atomic E-state index is 5.99. The molecule has 1 atom stereocenters. The Bertz CT molecular complexity index is 552. The van der Waals surface area contributed by atoms with Gasteiger partial charge >= 0.3 is 0 Å². The normalized spacial score (nSPS) is 20.9. The SMILES string of the molecule is Clc1ncnc2c1nc(Br)n2[C@@H]1CCCCO1. The lowest BCUT2D eigenvalue weighted by molar-refractivity contribution is -0.0311. The molecule has 2 aromatic rings. The van der Waals surface area contributed by atoms with E-state index in [-0.39, 0.29) is 6.23 Å². The Hall–Kier alpha value is -0.720. The second-order valence-electron chi connectivity index (χ2n) is 3.91. The molecule has 0 spiro atoms. The van der Waals surface area contributed by atoms with Crippen LogP contribution in [-0.2, 0) is 4.74 Å². The Morgan fingerprint density at radius 1 is 1.41 bits per heavy atom. The van der Waals surface area contributed by atoms with Crippen molar-refractivity contribution < 1.29 is 4.74 Å². The lowest BCUT2D eigenvalue weighted by Crippen LogP contribution is -2.18. The number of hydrogen-bond acceptors (Lipinski definition) is 4. The molecule has 0 unspecified atom stereocenters. The van der Waals surface area contributed by atoms with Crippen molar-refractivity contribution in [1.29, 1.82) is 0 Å². The molecule has 90 valence electrons. The number of ether oxygens (including phenoxy) is 1. The van der Waals surface area contributed by atoms with Crippen molar-refractivity contribution in [2.24, 2.45) is 0 Å². The van der Waals surface area contributed by atoms with Crippen molar-refractivity contribution in [3.05, 3.63) is 16.2 Å². The maximum absolute atomic E-state index is 5.99. The second-order valence-corrected chi connectivity index (χ2v) is 4.98. The summed E-state index contributed by atoms with van der Waals surface area (Å²) in [7, 11) is 0. The summed E-state index contributed by atoms with van der Waals surface area (Å²) < 4.78 is 8.36. The summed E-state index contributed by atoms with van der Waals surface area (Å²) in [5, 5.41) is 0.366. The van der Waals surface area contributed by atoms with Crippen molar-refractivity contribution in [2.45, 2.75) is 25.5 Å². The highest BCUT2D eigenvalue weighted by Gasteiger charge is 2.22. The molecule has 3 heterocycles. The highest BCUT2D eigenvalue weighted by Crippen LogP contribution is 2.31. The van der Waals surface area contributed by atoms with Crippen LogP contribution in [0.1, 0.15) is 25.5 Å². The van der Waals surface area contributed by atoms with E-state index in [9.17, 15) is 0 Å². The Morgan fingerprint density at radius 3 is 3.06 bits per heavy atom. The molecule has 1 saturated heterocycles. The van der Waals surface area contributed by atoms with Crippen LogP contribution in [0.15, 0.2) is 11.1 Å². The molecule has 0 aromatic carbocycles. The first-order valence-electron chi connectivity index (χ1n) is 5.43. The van der Waals surface area contributed by atoms with E-state index in [1.54, 1.807) is 0 Å².